The topological polar surface area (TPSA) is 83.7 Å². The number of anilines is 1. The van der Waals surface area contributed by atoms with Gasteiger partial charge < -0.3 is 10.4 Å². The Kier molecular flexibility index (Phi) is 4.30. The Hall–Kier alpha value is -2.93. The molecule has 26 heavy (non-hydrogen) atoms. The number of carbonyl (C=O) groups excluding carboxylic acids is 1. The van der Waals surface area contributed by atoms with Crippen molar-refractivity contribution in [3.8, 4) is 11.3 Å². The zero-order chi connectivity index (χ0) is 18.1. The van der Waals surface area contributed by atoms with E-state index >= 15 is 0 Å². The molecular formula is C19H17N3O3S. The fourth-order valence-corrected chi connectivity index (χ4v) is 3.90. The van der Waals surface area contributed by atoms with Gasteiger partial charge in [0.2, 0.25) is 5.91 Å². The van der Waals surface area contributed by atoms with E-state index in [9.17, 15) is 14.7 Å². The van der Waals surface area contributed by atoms with Crippen molar-refractivity contribution in [1.29, 1.82) is 0 Å². The lowest BCUT2D eigenvalue weighted by molar-refractivity contribution is -0.146. The number of rotatable bonds is 4. The molecule has 0 aliphatic heterocycles. The predicted molar refractivity (Wildman–Crippen MR) is 100 cm³/mol. The Morgan fingerprint density at radius 1 is 1.15 bits per heavy atom. The van der Waals surface area contributed by atoms with Crippen LogP contribution in [0.2, 0.25) is 0 Å². The first-order valence-electron chi connectivity index (χ1n) is 8.33. The van der Waals surface area contributed by atoms with Crippen LogP contribution in [0.15, 0.2) is 54.2 Å². The van der Waals surface area contributed by atoms with Crippen LogP contribution in [-0.2, 0) is 9.59 Å². The Labute approximate surface area is 153 Å². The van der Waals surface area contributed by atoms with Crippen LogP contribution in [-0.4, -0.2) is 26.4 Å². The Morgan fingerprint density at radius 2 is 1.88 bits per heavy atom. The number of carboxylic acid groups (broad SMARTS) is 1. The second-order valence-corrected chi connectivity index (χ2v) is 7.15. The van der Waals surface area contributed by atoms with Crippen LogP contribution in [0, 0.1) is 11.8 Å². The quantitative estimate of drug-likeness (QED) is 0.689. The van der Waals surface area contributed by atoms with Crippen molar-refractivity contribution in [1.82, 2.24) is 9.38 Å². The minimum atomic E-state index is -0.926. The minimum Gasteiger partial charge on any atom is -0.481 e. The lowest BCUT2D eigenvalue weighted by atomic mass is 9.82. The van der Waals surface area contributed by atoms with Gasteiger partial charge in [-0.1, -0.05) is 24.3 Å². The molecule has 0 bridgehead atoms. The van der Waals surface area contributed by atoms with Gasteiger partial charge in [0.15, 0.2) is 4.96 Å². The number of amides is 1. The van der Waals surface area contributed by atoms with E-state index in [1.165, 1.54) is 0 Å². The van der Waals surface area contributed by atoms with Gasteiger partial charge in [-0.25, -0.2) is 4.98 Å². The average Bonchev–Trinajstić information content (AvgIpc) is 3.24. The fourth-order valence-electron chi connectivity index (χ4n) is 3.20. The molecule has 1 aliphatic carbocycles. The third-order valence-electron chi connectivity index (χ3n) is 4.63. The van der Waals surface area contributed by atoms with Crippen LogP contribution in [0.3, 0.4) is 0 Å². The fraction of sp³-hybridized carbons (Fsp3) is 0.211. The third kappa shape index (κ3) is 3.13. The maximum atomic E-state index is 12.5. The van der Waals surface area contributed by atoms with Crippen molar-refractivity contribution in [2.24, 2.45) is 11.8 Å². The number of fused-ring (bicyclic) bond motifs is 1. The summed E-state index contributed by atoms with van der Waals surface area (Å²) < 4.78 is 1.97. The van der Waals surface area contributed by atoms with Crippen molar-refractivity contribution in [3.63, 3.8) is 0 Å². The maximum absolute atomic E-state index is 12.5. The summed E-state index contributed by atoms with van der Waals surface area (Å²) in [6, 6.07) is 7.43. The minimum absolute atomic E-state index is 0.253. The highest BCUT2D eigenvalue weighted by atomic mass is 32.1. The third-order valence-corrected chi connectivity index (χ3v) is 5.40. The number of benzene rings is 1. The summed E-state index contributed by atoms with van der Waals surface area (Å²) in [5.41, 5.74) is 2.49. The van der Waals surface area contributed by atoms with Gasteiger partial charge in [0.1, 0.15) is 0 Å². The van der Waals surface area contributed by atoms with Gasteiger partial charge in [-0.2, -0.15) is 0 Å². The zero-order valence-corrected chi connectivity index (χ0v) is 14.6. The Balaban J connectivity index is 1.48. The van der Waals surface area contributed by atoms with Gasteiger partial charge in [0.05, 0.1) is 17.5 Å². The lowest BCUT2D eigenvalue weighted by Crippen LogP contribution is -2.34. The molecule has 0 unspecified atom stereocenters. The lowest BCUT2D eigenvalue weighted by Gasteiger charge is -2.24. The standard InChI is InChI=1S/C19H17N3O3S/c23-17(14-3-1-2-4-15(14)18(24)25)20-13-7-5-12(6-8-13)16-11-22-9-10-26-19(22)21-16/h1-2,5-11,14-15H,3-4H2,(H,20,23)(H,24,25)/t14-,15+/m1/s1. The maximum Gasteiger partial charge on any atom is 0.307 e. The summed E-state index contributed by atoms with van der Waals surface area (Å²) in [6.07, 6.45) is 8.47. The largest absolute Gasteiger partial charge is 0.481 e. The number of carbonyl (C=O) groups is 2. The van der Waals surface area contributed by atoms with Crippen molar-refractivity contribution in [2.75, 3.05) is 5.32 Å². The van der Waals surface area contributed by atoms with E-state index in [-0.39, 0.29) is 5.91 Å². The van der Waals surface area contributed by atoms with Crippen LogP contribution < -0.4 is 5.32 Å². The van der Waals surface area contributed by atoms with Crippen molar-refractivity contribution in [3.05, 3.63) is 54.2 Å². The summed E-state index contributed by atoms with van der Waals surface area (Å²) in [5.74, 6) is -2.39. The molecule has 7 heteroatoms. The first-order valence-corrected chi connectivity index (χ1v) is 9.21. The molecule has 1 aliphatic rings. The van der Waals surface area contributed by atoms with E-state index in [0.29, 0.717) is 18.5 Å². The van der Waals surface area contributed by atoms with Gasteiger partial charge in [0.25, 0.3) is 0 Å². The molecule has 0 fully saturated rings. The van der Waals surface area contributed by atoms with E-state index in [1.807, 2.05) is 58.6 Å². The van der Waals surface area contributed by atoms with Crippen LogP contribution in [0.4, 0.5) is 5.69 Å². The van der Waals surface area contributed by atoms with Gasteiger partial charge in [-0.05, 0) is 25.0 Å². The Bertz CT molecular complexity index is 959. The second-order valence-electron chi connectivity index (χ2n) is 6.28. The highest BCUT2D eigenvalue weighted by Crippen LogP contribution is 2.28. The van der Waals surface area contributed by atoms with E-state index in [1.54, 1.807) is 11.3 Å². The molecule has 4 rings (SSSR count). The van der Waals surface area contributed by atoms with Gasteiger partial charge in [-0.3, -0.25) is 14.0 Å². The highest BCUT2D eigenvalue weighted by Gasteiger charge is 2.33. The molecule has 132 valence electrons. The second kappa shape index (κ2) is 6.76. The van der Waals surface area contributed by atoms with E-state index < -0.39 is 17.8 Å². The van der Waals surface area contributed by atoms with Crippen molar-refractivity contribution < 1.29 is 14.7 Å². The monoisotopic (exact) mass is 367 g/mol. The number of imidazole rings is 1. The van der Waals surface area contributed by atoms with Crippen molar-refractivity contribution in [2.45, 2.75) is 12.8 Å². The smallest absolute Gasteiger partial charge is 0.307 e. The number of aliphatic carboxylic acids is 1. The van der Waals surface area contributed by atoms with Gasteiger partial charge in [0, 0.05) is 29.0 Å². The number of hydrogen-bond acceptors (Lipinski definition) is 4. The van der Waals surface area contributed by atoms with E-state index in [4.69, 9.17) is 0 Å². The van der Waals surface area contributed by atoms with Gasteiger partial charge >= 0.3 is 5.97 Å². The van der Waals surface area contributed by atoms with Crippen LogP contribution >= 0.6 is 11.3 Å². The summed E-state index contributed by atoms with van der Waals surface area (Å²) >= 11 is 1.57. The number of thiazole rings is 1. The first-order chi connectivity index (χ1) is 12.6. The van der Waals surface area contributed by atoms with Crippen LogP contribution in [0.5, 0.6) is 0 Å². The SMILES string of the molecule is O=C(O)[C@H]1CC=CC[C@H]1C(=O)Nc1ccc(-c2cn3ccsc3n2)cc1. The summed E-state index contributed by atoms with van der Waals surface area (Å²) in [4.78, 5) is 29.3. The first kappa shape index (κ1) is 16.5. The molecule has 0 radical (unpaired) electrons. The Morgan fingerprint density at radius 3 is 2.58 bits per heavy atom. The van der Waals surface area contributed by atoms with Crippen molar-refractivity contribution >= 4 is 33.9 Å². The molecule has 0 saturated carbocycles. The van der Waals surface area contributed by atoms with Gasteiger partial charge in [-0.15, -0.1) is 11.3 Å². The molecule has 2 heterocycles. The molecule has 2 N–H and O–H groups in total. The predicted octanol–water partition coefficient (Wildman–Crippen LogP) is 3.67. The van der Waals surface area contributed by atoms with E-state index in [2.05, 4.69) is 10.3 Å². The number of aromatic nitrogens is 2. The number of nitrogens with one attached hydrogen (secondary N) is 1. The number of nitrogens with zero attached hydrogens (tertiary/aromatic N) is 2. The molecule has 0 spiro atoms. The summed E-state index contributed by atoms with van der Waals surface area (Å²) in [7, 11) is 0. The molecular weight excluding hydrogens is 350 g/mol. The molecule has 0 saturated heterocycles. The summed E-state index contributed by atoms with van der Waals surface area (Å²) in [6.45, 7) is 0. The molecule has 1 aromatic carbocycles. The molecule has 6 nitrogen and oxygen atoms in total. The molecule has 3 aromatic rings. The van der Waals surface area contributed by atoms with Crippen LogP contribution in [0.25, 0.3) is 16.2 Å². The molecule has 1 amide bonds. The molecule has 2 aromatic heterocycles. The average molecular weight is 367 g/mol. The van der Waals surface area contributed by atoms with E-state index in [0.717, 1.165) is 16.2 Å². The zero-order valence-electron chi connectivity index (χ0n) is 13.8. The molecule has 2 atom stereocenters. The van der Waals surface area contributed by atoms with Crippen LogP contribution in [0.1, 0.15) is 12.8 Å². The number of hydrogen-bond donors (Lipinski definition) is 2. The highest BCUT2D eigenvalue weighted by molar-refractivity contribution is 7.15. The number of carboxylic acids is 1. The number of allylic oxidation sites excluding steroid dienone is 2. The normalized spacial score (nSPS) is 19.5. The summed E-state index contributed by atoms with van der Waals surface area (Å²) in [5, 5.41) is 14.1.